The lowest BCUT2D eigenvalue weighted by Gasteiger charge is -2.62. The van der Waals surface area contributed by atoms with Crippen LogP contribution in [-0.4, -0.2) is 35.5 Å². The Morgan fingerprint density at radius 1 is 0.957 bits per heavy atom. The Kier molecular flexibility index (Phi) is 8.12. The van der Waals surface area contributed by atoms with Gasteiger partial charge in [-0.05, 0) is 91.0 Å². The van der Waals surface area contributed by atoms with Crippen LogP contribution in [0.15, 0.2) is 85.3 Å². The van der Waals surface area contributed by atoms with Crippen molar-refractivity contribution in [2.75, 3.05) is 13.8 Å². The molecule has 7 nitrogen and oxygen atoms in total. The van der Waals surface area contributed by atoms with E-state index in [1.165, 1.54) is 6.07 Å². The second-order valence-corrected chi connectivity index (χ2v) is 16.2. The zero-order valence-corrected chi connectivity index (χ0v) is 27.9. The van der Waals surface area contributed by atoms with E-state index in [1.54, 1.807) is 32.4 Å². The van der Waals surface area contributed by atoms with Crippen LogP contribution in [-0.2, 0) is 31.6 Å². The number of ether oxygens (including phenoxy) is 2. The van der Waals surface area contributed by atoms with E-state index in [-0.39, 0.29) is 30.0 Å². The summed E-state index contributed by atoms with van der Waals surface area (Å²) in [5.41, 5.74) is 4.31. The van der Waals surface area contributed by atoms with Crippen LogP contribution in [0.4, 0.5) is 4.39 Å². The number of benzene rings is 3. The number of nitrogens with zero attached hydrogens (tertiary/aromatic N) is 2. The Balaban J connectivity index is 1.08. The maximum Gasteiger partial charge on any atom is 0.328 e. The van der Waals surface area contributed by atoms with Gasteiger partial charge in [-0.2, -0.15) is 0 Å². The number of imidazole rings is 1. The molecule has 5 aliphatic rings. The van der Waals surface area contributed by atoms with Crippen molar-refractivity contribution in [3.05, 3.63) is 108 Å². The number of methoxy groups -OCH3 is 1. The number of fused-ring (bicyclic) bond motifs is 3. The molecule has 3 aromatic carbocycles. The number of hydrogen-bond acceptors (Lipinski definition) is 6. The minimum absolute atomic E-state index is 0.176. The van der Waals surface area contributed by atoms with Gasteiger partial charge in [0.2, 0.25) is 0 Å². The van der Waals surface area contributed by atoms with E-state index < -0.39 is 13.7 Å². The summed E-state index contributed by atoms with van der Waals surface area (Å²) in [6.07, 6.45) is 9.03. The molecule has 0 radical (unpaired) electrons. The minimum Gasteiger partial charge on any atom is -0.497 e. The van der Waals surface area contributed by atoms with Gasteiger partial charge in [-0.15, -0.1) is 0 Å². The molecule has 9 heteroatoms. The highest BCUT2D eigenvalue weighted by Crippen LogP contribution is 2.65. The SMILES string of the molecule is COc1ccc(COC2C3CC4CC2CC(C(CC2c5c(F)cccc5-c5cncn52)OP(C)(=O)OCc2ccccc2)(C4)C3)cc1. The quantitative estimate of drug-likeness (QED) is 0.142. The molecule has 9 rings (SSSR count). The summed E-state index contributed by atoms with van der Waals surface area (Å²) in [5, 5.41) is 0. The second kappa shape index (κ2) is 12.3. The van der Waals surface area contributed by atoms with Crippen LogP contribution < -0.4 is 4.74 Å². The molecule has 0 amide bonds. The fourth-order valence-corrected chi connectivity index (χ4v) is 10.7. The van der Waals surface area contributed by atoms with Gasteiger partial charge in [0, 0.05) is 17.8 Å². The number of hydrogen-bond donors (Lipinski definition) is 0. The van der Waals surface area contributed by atoms with Crippen LogP contribution in [0.3, 0.4) is 0 Å². The predicted molar refractivity (Wildman–Crippen MR) is 178 cm³/mol. The van der Waals surface area contributed by atoms with Crippen molar-refractivity contribution in [1.29, 1.82) is 0 Å². The van der Waals surface area contributed by atoms with Gasteiger partial charge in [0.05, 0.1) is 56.8 Å². The lowest BCUT2D eigenvalue weighted by Crippen LogP contribution is -2.58. The van der Waals surface area contributed by atoms with Gasteiger partial charge in [0.15, 0.2) is 0 Å². The Hall–Kier alpha value is -3.29. The van der Waals surface area contributed by atoms with Crippen LogP contribution in [0.25, 0.3) is 11.3 Å². The average molecular weight is 657 g/mol. The van der Waals surface area contributed by atoms with Gasteiger partial charge in [-0.1, -0.05) is 54.6 Å². The summed E-state index contributed by atoms with van der Waals surface area (Å²) in [6, 6.07) is 22.8. The summed E-state index contributed by atoms with van der Waals surface area (Å²) in [7, 11) is -1.82. The van der Waals surface area contributed by atoms with Crippen molar-refractivity contribution in [2.45, 2.75) is 70.0 Å². The number of halogens is 1. The highest BCUT2D eigenvalue weighted by Gasteiger charge is 2.60. The first kappa shape index (κ1) is 31.0. The fourth-order valence-electron chi connectivity index (χ4n) is 9.49. The van der Waals surface area contributed by atoms with Crippen molar-refractivity contribution >= 4 is 7.60 Å². The Bertz CT molecular complexity index is 1760. The van der Waals surface area contributed by atoms with Crippen molar-refractivity contribution in [1.82, 2.24) is 9.55 Å². The monoisotopic (exact) mass is 656 g/mol. The molecular formula is C38H42FN2O5P. The first-order valence-electron chi connectivity index (χ1n) is 16.8. The smallest absolute Gasteiger partial charge is 0.328 e. The topological polar surface area (TPSA) is 71.8 Å². The largest absolute Gasteiger partial charge is 0.497 e. The lowest BCUT2D eigenvalue weighted by molar-refractivity contribution is -0.189. The van der Waals surface area contributed by atoms with Crippen LogP contribution in [0, 0.1) is 29.0 Å². The molecule has 0 N–H and O–H groups in total. The minimum atomic E-state index is -3.49. The predicted octanol–water partition coefficient (Wildman–Crippen LogP) is 8.83. The van der Waals surface area contributed by atoms with Crippen LogP contribution >= 0.6 is 7.60 Å². The van der Waals surface area contributed by atoms with Gasteiger partial charge in [-0.3, -0.25) is 4.57 Å². The molecule has 4 fully saturated rings. The Labute approximate surface area is 276 Å². The van der Waals surface area contributed by atoms with Gasteiger partial charge in [0.25, 0.3) is 0 Å². The molecule has 5 atom stereocenters. The summed E-state index contributed by atoms with van der Waals surface area (Å²) in [6.45, 7) is 2.37. The van der Waals surface area contributed by atoms with Gasteiger partial charge >= 0.3 is 7.60 Å². The zero-order valence-electron chi connectivity index (χ0n) is 27.0. The molecule has 246 valence electrons. The normalized spacial score (nSPS) is 28.9. The van der Waals surface area contributed by atoms with E-state index in [4.69, 9.17) is 18.5 Å². The molecule has 2 heterocycles. The third-order valence-corrected chi connectivity index (χ3v) is 12.5. The van der Waals surface area contributed by atoms with Crippen LogP contribution in [0.5, 0.6) is 5.75 Å². The summed E-state index contributed by atoms with van der Waals surface area (Å²) < 4.78 is 56.7. The zero-order chi connectivity index (χ0) is 32.2. The summed E-state index contributed by atoms with van der Waals surface area (Å²) in [5.74, 6) is 1.96. The molecule has 0 spiro atoms. The van der Waals surface area contributed by atoms with Crippen molar-refractivity contribution < 1.29 is 27.5 Å². The molecule has 4 bridgehead atoms. The maximum absolute atomic E-state index is 15.6. The van der Waals surface area contributed by atoms with Crippen molar-refractivity contribution in [2.24, 2.45) is 23.2 Å². The molecular weight excluding hydrogens is 614 g/mol. The second-order valence-electron chi connectivity index (χ2n) is 14.2. The van der Waals surface area contributed by atoms with E-state index >= 15 is 4.39 Å². The van der Waals surface area contributed by atoms with E-state index in [9.17, 15) is 4.57 Å². The molecule has 47 heavy (non-hydrogen) atoms. The summed E-state index contributed by atoms with van der Waals surface area (Å²) in [4.78, 5) is 4.42. The number of rotatable bonds is 12. The average Bonchev–Trinajstić information content (AvgIpc) is 3.66. The molecule has 1 aromatic heterocycles. The fraction of sp³-hybridized carbons (Fsp3) is 0.447. The lowest BCUT2D eigenvalue weighted by atomic mass is 9.46. The van der Waals surface area contributed by atoms with E-state index in [2.05, 4.69) is 21.7 Å². The van der Waals surface area contributed by atoms with Crippen molar-refractivity contribution in [3.63, 3.8) is 0 Å². The van der Waals surface area contributed by atoms with E-state index in [1.807, 2.05) is 48.5 Å². The standard InChI is InChI=1S/C38H42FN2O5P/c1-43-30-13-11-26(12-14-30)22-44-37-28-15-27-16-29(37)20-38(18-27,19-28)35(46-47(2,42)45-23-25-7-4-3-5-8-25)17-33-36-31(9-6-10-32(36)39)34-21-40-24-41(33)34/h3-14,21,24,27-29,33,35,37H,15-20,22-23H2,1-2H3. The highest BCUT2D eigenvalue weighted by molar-refractivity contribution is 7.52. The van der Waals surface area contributed by atoms with Crippen molar-refractivity contribution in [3.8, 4) is 17.0 Å². The third kappa shape index (κ3) is 5.88. The maximum atomic E-state index is 15.6. The van der Waals surface area contributed by atoms with Gasteiger partial charge < -0.3 is 23.1 Å². The van der Waals surface area contributed by atoms with Crippen LogP contribution in [0.2, 0.25) is 0 Å². The Morgan fingerprint density at radius 3 is 2.45 bits per heavy atom. The van der Waals surface area contributed by atoms with Gasteiger partial charge in [0.1, 0.15) is 11.6 Å². The Morgan fingerprint density at radius 2 is 1.70 bits per heavy atom. The van der Waals surface area contributed by atoms with Gasteiger partial charge in [-0.25, -0.2) is 9.37 Å². The summed E-state index contributed by atoms with van der Waals surface area (Å²) >= 11 is 0. The molecule has 0 saturated heterocycles. The molecule has 4 saturated carbocycles. The van der Waals surface area contributed by atoms with Crippen LogP contribution in [0.1, 0.15) is 61.3 Å². The van der Waals surface area contributed by atoms with E-state index in [0.717, 1.165) is 60.2 Å². The molecule has 4 aliphatic carbocycles. The highest BCUT2D eigenvalue weighted by atomic mass is 31.2. The number of aromatic nitrogens is 2. The first-order valence-corrected chi connectivity index (χ1v) is 18.8. The first-order chi connectivity index (χ1) is 22.8. The third-order valence-electron chi connectivity index (χ3n) is 11.2. The van der Waals surface area contributed by atoms with E-state index in [0.29, 0.717) is 36.3 Å². The molecule has 1 aliphatic heterocycles. The molecule has 5 unspecified atom stereocenters. The molecule has 4 aromatic rings.